The Morgan fingerprint density at radius 1 is 1.16 bits per heavy atom. The van der Waals surface area contributed by atoms with E-state index in [1.165, 1.54) is 24.1 Å². The van der Waals surface area contributed by atoms with E-state index < -0.39 is 10.0 Å². The lowest BCUT2D eigenvalue weighted by atomic mass is 10.3. The van der Waals surface area contributed by atoms with Gasteiger partial charge in [0.05, 0.1) is 30.4 Å². The van der Waals surface area contributed by atoms with Crippen LogP contribution in [0.4, 0.5) is 5.69 Å². The summed E-state index contributed by atoms with van der Waals surface area (Å²) in [5, 5.41) is 4.69. The Labute approximate surface area is 151 Å². The standard InChI is InChI=1S/C17H16ClN3O3S/c1-12-17(11-21(19-12)14-6-4-3-5-7-14)25(22,23)20-15-10-13(18)8-9-16(15)24-2/h3-11,20H,1-2H3. The monoisotopic (exact) mass is 377 g/mol. The predicted molar refractivity (Wildman–Crippen MR) is 97.1 cm³/mol. The van der Waals surface area contributed by atoms with Gasteiger partial charge >= 0.3 is 0 Å². The molecule has 1 aromatic heterocycles. The normalized spacial score (nSPS) is 11.3. The minimum atomic E-state index is -3.85. The molecule has 3 rings (SSSR count). The van der Waals surface area contributed by atoms with Crippen LogP contribution in [0.5, 0.6) is 5.75 Å². The number of benzene rings is 2. The van der Waals surface area contributed by atoms with E-state index in [1.54, 1.807) is 19.1 Å². The molecule has 8 heteroatoms. The number of methoxy groups -OCH3 is 1. The highest BCUT2D eigenvalue weighted by Gasteiger charge is 2.22. The molecule has 0 unspecified atom stereocenters. The third-order valence-electron chi connectivity index (χ3n) is 3.57. The molecular weight excluding hydrogens is 362 g/mol. The van der Waals surface area contributed by atoms with Crippen molar-refractivity contribution in [3.05, 3.63) is 65.4 Å². The fourth-order valence-corrected chi connectivity index (χ4v) is 3.78. The van der Waals surface area contributed by atoms with E-state index in [2.05, 4.69) is 9.82 Å². The Morgan fingerprint density at radius 3 is 2.56 bits per heavy atom. The van der Waals surface area contributed by atoms with Crippen molar-refractivity contribution in [1.82, 2.24) is 9.78 Å². The number of rotatable bonds is 5. The molecule has 0 saturated carbocycles. The van der Waals surface area contributed by atoms with Crippen LogP contribution in [0.25, 0.3) is 5.69 Å². The van der Waals surface area contributed by atoms with E-state index in [1.807, 2.05) is 30.3 Å². The average Bonchev–Trinajstić information content (AvgIpc) is 2.98. The van der Waals surface area contributed by atoms with Crippen molar-refractivity contribution in [2.75, 3.05) is 11.8 Å². The Morgan fingerprint density at radius 2 is 1.88 bits per heavy atom. The first-order valence-corrected chi connectivity index (χ1v) is 9.25. The summed E-state index contributed by atoms with van der Waals surface area (Å²) in [6, 6.07) is 14.0. The highest BCUT2D eigenvalue weighted by molar-refractivity contribution is 7.92. The first-order valence-electron chi connectivity index (χ1n) is 7.39. The lowest BCUT2D eigenvalue weighted by molar-refractivity contribution is 0.417. The number of sulfonamides is 1. The van der Waals surface area contributed by atoms with Gasteiger partial charge in [-0.1, -0.05) is 29.8 Å². The van der Waals surface area contributed by atoms with Crippen molar-refractivity contribution in [2.24, 2.45) is 0 Å². The van der Waals surface area contributed by atoms with Crippen molar-refractivity contribution >= 4 is 27.3 Å². The van der Waals surface area contributed by atoms with Crippen LogP contribution in [0.3, 0.4) is 0 Å². The molecule has 6 nitrogen and oxygen atoms in total. The summed E-state index contributed by atoms with van der Waals surface area (Å²) in [5.74, 6) is 0.376. The lowest BCUT2D eigenvalue weighted by Crippen LogP contribution is -2.14. The highest BCUT2D eigenvalue weighted by atomic mass is 35.5. The number of nitrogens with zero attached hydrogens (tertiary/aromatic N) is 2. The molecule has 0 saturated heterocycles. The van der Waals surface area contributed by atoms with Crippen LogP contribution in [-0.4, -0.2) is 25.3 Å². The maximum atomic E-state index is 12.8. The van der Waals surface area contributed by atoms with Crippen LogP contribution in [0.15, 0.2) is 59.6 Å². The number of aromatic nitrogens is 2. The van der Waals surface area contributed by atoms with Gasteiger partial charge in [0.15, 0.2) is 0 Å². The first kappa shape index (κ1) is 17.3. The molecule has 0 radical (unpaired) electrons. The zero-order valence-corrected chi connectivity index (χ0v) is 15.2. The summed E-state index contributed by atoms with van der Waals surface area (Å²) < 4.78 is 34.8. The molecule has 130 valence electrons. The predicted octanol–water partition coefficient (Wildman–Crippen LogP) is 3.64. The average molecular weight is 378 g/mol. The maximum Gasteiger partial charge on any atom is 0.265 e. The van der Waals surface area contributed by atoms with E-state index in [9.17, 15) is 8.42 Å². The molecule has 2 aromatic carbocycles. The second-order valence-corrected chi connectivity index (χ2v) is 7.40. The maximum absolute atomic E-state index is 12.8. The van der Waals surface area contributed by atoms with Crippen LogP contribution in [0.1, 0.15) is 5.69 Å². The highest BCUT2D eigenvalue weighted by Crippen LogP contribution is 2.30. The van der Waals surface area contributed by atoms with Crippen molar-refractivity contribution in [1.29, 1.82) is 0 Å². The van der Waals surface area contributed by atoms with Crippen molar-refractivity contribution in [2.45, 2.75) is 11.8 Å². The van der Waals surface area contributed by atoms with Crippen molar-refractivity contribution < 1.29 is 13.2 Å². The van der Waals surface area contributed by atoms with Gasteiger partial charge in [-0.15, -0.1) is 0 Å². The Kier molecular flexibility index (Phi) is 4.69. The zero-order valence-electron chi connectivity index (χ0n) is 13.6. The van der Waals surface area contributed by atoms with Crippen LogP contribution in [0.2, 0.25) is 5.02 Å². The zero-order chi connectivity index (χ0) is 18.0. The second-order valence-electron chi connectivity index (χ2n) is 5.31. The number of ether oxygens (including phenoxy) is 1. The van der Waals surface area contributed by atoms with Crippen molar-refractivity contribution in [3.8, 4) is 11.4 Å². The Hall–Kier alpha value is -2.51. The third-order valence-corrected chi connectivity index (χ3v) is 5.27. The molecule has 3 aromatic rings. The summed E-state index contributed by atoms with van der Waals surface area (Å²) in [6.45, 7) is 1.64. The van der Waals surface area contributed by atoms with E-state index in [0.717, 1.165) is 5.69 Å². The number of aryl methyl sites for hydroxylation is 1. The third kappa shape index (κ3) is 3.62. The number of para-hydroxylation sites is 1. The molecule has 25 heavy (non-hydrogen) atoms. The Bertz CT molecular complexity index is 1000. The second kappa shape index (κ2) is 6.78. The molecule has 0 aliphatic rings. The fourth-order valence-electron chi connectivity index (χ4n) is 2.38. The number of halogens is 1. The molecule has 0 bridgehead atoms. The summed E-state index contributed by atoms with van der Waals surface area (Å²) in [5.41, 5.74) is 1.42. The van der Waals surface area contributed by atoms with E-state index in [-0.39, 0.29) is 10.6 Å². The molecule has 0 aliphatic heterocycles. The number of hydrogen-bond donors (Lipinski definition) is 1. The van der Waals surface area contributed by atoms with Gasteiger partial charge in [-0.2, -0.15) is 5.10 Å². The minimum absolute atomic E-state index is 0.0818. The number of anilines is 1. The summed E-state index contributed by atoms with van der Waals surface area (Å²) >= 11 is 5.96. The lowest BCUT2D eigenvalue weighted by Gasteiger charge is -2.11. The number of nitrogens with one attached hydrogen (secondary N) is 1. The Balaban J connectivity index is 1.99. The first-order chi connectivity index (χ1) is 11.9. The largest absolute Gasteiger partial charge is 0.495 e. The van der Waals surface area contributed by atoms with Gasteiger partial charge in [-0.25, -0.2) is 13.1 Å². The van der Waals surface area contributed by atoms with Gasteiger partial charge in [-0.3, -0.25) is 4.72 Å². The summed E-state index contributed by atoms with van der Waals surface area (Å²) in [7, 11) is -2.39. The molecule has 1 N–H and O–H groups in total. The van der Waals surface area contributed by atoms with Gasteiger partial charge < -0.3 is 4.74 Å². The summed E-state index contributed by atoms with van der Waals surface area (Å²) in [4.78, 5) is 0.0818. The van der Waals surface area contributed by atoms with Crippen LogP contribution in [-0.2, 0) is 10.0 Å². The van der Waals surface area contributed by atoms with E-state index >= 15 is 0 Å². The van der Waals surface area contributed by atoms with E-state index in [0.29, 0.717) is 16.5 Å². The van der Waals surface area contributed by atoms with Crippen molar-refractivity contribution in [3.63, 3.8) is 0 Å². The SMILES string of the molecule is COc1ccc(Cl)cc1NS(=O)(=O)c1cn(-c2ccccc2)nc1C. The molecule has 0 fully saturated rings. The molecule has 0 amide bonds. The van der Waals surface area contributed by atoms with Gasteiger partial charge in [0.2, 0.25) is 0 Å². The molecule has 0 atom stereocenters. The smallest absolute Gasteiger partial charge is 0.265 e. The minimum Gasteiger partial charge on any atom is -0.495 e. The topological polar surface area (TPSA) is 73.2 Å². The van der Waals surface area contributed by atoms with Crippen LogP contribution < -0.4 is 9.46 Å². The molecule has 1 heterocycles. The van der Waals surface area contributed by atoms with Gasteiger partial charge in [-0.05, 0) is 37.3 Å². The quantitative estimate of drug-likeness (QED) is 0.736. The molecule has 0 spiro atoms. The van der Waals surface area contributed by atoms with Gasteiger partial charge in [0, 0.05) is 5.02 Å². The number of hydrogen-bond acceptors (Lipinski definition) is 4. The van der Waals surface area contributed by atoms with E-state index in [4.69, 9.17) is 16.3 Å². The fraction of sp³-hybridized carbons (Fsp3) is 0.118. The van der Waals surface area contributed by atoms with Crippen LogP contribution >= 0.6 is 11.6 Å². The molecule has 0 aliphatic carbocycles. The van der Waals surface area contributed by atoms with Gasteiger partial charge in [0.1, 0.15) is 10.6 Å². The molecular formula is C17H16ClN3O3S. The van der Waals surface area contributed by atoms with Crippen LogP contribution in [0, 0.1) is 6.92 Å². The van der Waals surface area contributed by atoms with Gasteiger partial charge in [0.25, 0.3) is 10.0 Å². The summed E-state index contributed by atoms with van der Waals surface area (Å²) in [6.07, 6.45) is 1.48.